The highest BCUT2D eigenvalue weighted by Gasteiger charge is 2.31. The lowest BCUT2D eigenvalue weighted by Crippen LogP contribution is -2.05. The van der Waals surface area contributed by atoms with Crippen LogP contribution in [0.3, 0.4) is 0 Å². The zero-order valence-corrected chi connectivity index (χ0v) is 9.14. The van der Waals surface area contributed by atoms with Crippen molar-refractivity contribution in [3.63, 3.8) is 0 Å². The summed E-state index contributed by atoms with van der Waals surface area (Å²) in [7, 11) is 1.28. The molecule has 2 nitrogen and oxygen atoms in total. The Bertz CT molecular complexity index is 441. The number of hydrogen-bond donors (Lipinski definition) is 1. The Hall–Kier alpha value is -1.67. The van der Waals surface area contributed by atoms with Gasteiger partial charge in [0.15, 0.2) is 0 Å². The third-order valence-electron chi connectivity index (χ3n) is 1.99. The molecule has 0 atom stereocenters. The van der Waals surface area contributed by atoms with Crippen LogP contribution in [-0.4, -0.2) is 18.8 Å². The largest absolute Gasteiger partial charge is 0.495 e. The van der Waals surface area contributed by atoms with Gasteiger partial charge in [-0.15, -0.1) is 0 Å². The lowest BCUT2D eigenvalue weighted by molar-refractivity contribution is -0.137. The van der Waals surface area contributed by atoms with Gasteiger partial charge in [-0.1, -0.05) is 11.8 Å². The molecule has 0 unspecified atom stereocenters. The second kappa shape index (κ2) is 5.60. The van der Waals surface area contributed by atoms with Crippen LogP contribution in [0.2, 0.25) is 0 Å². The Morgan fingerprint density at radius 1 is 1.35 bits per heavy atom. The Kier molecular flexibility index (Phi) is 4.41. The predicted octanol–water partition coefficient (Wildman–Crippen LogP) is 2.45. The molecule has 1 aromatic rings. The fourth-order valence-corrected chi connectivity index (χ4v) is 1.18. The maximum atomic E-state index is 12.4. The normalized spacial score (nSPS) is 10.6. The average Bonchev–Trinajstić information content (AvgIpc) is 2.28. The molecule has 0 amide bonds. The maximum absolute atomic E-state index is 12.4. The van der Waals surface area contributed by atoms with E-state index in [1.54, 1.807) is 0 Å². The number of ether oxygens (including phenoxy) is 1. The molecule has 17 heavy (non-hydrogen) atoms. The van der Waals surface area contributed by atoms with Crippen LogP contribution in [0.25, 0.3) is 0 Å². The van der Waals surface area contributed by atoms with Crippen molar-refractivity contribution in [1.82, 2.24) is 0 Å². The lowest BCUT2D eigenvalue weighted by Gasteiger charge is -2.09. The summed E-state index contributed by atoms with van der Waals surface area (Å²) in [6.07, 6.45) is -4.13. The second-order valence-electron chi connectivity index (χ2n) is 3.19. The molecule has 0 bridgehead atoms. The van der Waals surface area contributed by atoms with E-state index >= 15 is 0 Å². The smallest absolute Gasteiger partial charge is 0.416 e. The minimum Gasteiger partial charge on any atom is -0.495 e. The minimum absolute atomic E-state index is 0.0743. The van der Waals surface area contributed by atoms with Gasteiger partial charge in [-0.3, -0.25) is 0 Å². The zero-order valence-electron chi connectivity index (χ0n) is 9.14. The van der Waals surface area contributed by atoms with Gasteiger partial charge < -0.3 is 9.84 Å². The van der Waals surface area contributed by atoms with Crippen molar-refractivity contribution in [1.29, 1.82) is 0 Å². The highest BCUT2D eigenvalue weighted by molar-refractivity contribution is 5.48. The van der Waals surface area contributed by atoms with Crippen molar-refractivity contribution >= 4 is 0 Å². The zero-order chi connectivity index (χ0) is 12.9. The van der Waals surface area contributed by atoms with Gasteiger partial charge in [-0.2, -0.15) is 13.2 Å². The van der Waals surface area contributed by atoms with E-state index < -0.39 is 11.7 Å². The van der Waals surface area contributed by atoms with E-state index in [1.165, 1.54) is 13.2 Å². The standard InChI is InChI=1S/C12H11F3O2/c1-17-11-8-10(12(13,14)15)6-5-9(11)4-2-3-7-16/h5-6,8,16H,3,7H2,1H3. The van der Waals surface area contributed by atoms with Gasteiger partial charge in [0.2, 0.25) is 0 Å². The van der Waals surface area contributed by atoms with Crippen LogP contribution in [0.4, 0.5) is 13.2 Å². The molecular weight excluding hydrogens is 233 g/mol. The van der Waals surface area contributed by atoms with Crippen molar-refractivity contribution < 1.29 is 23.0 Å². The topological polar surface area (TPSA) is 29.5 Å². The van der Waals surface area contributed by atoms with E-state index in [0.29, 0.717) is 5.56 Å². The summed E-state index contributed by atoms with van der Waals surface area (Å²) < 4.78 is 42.1. The monoisotopic (exact) mass is 244 g/mol. The van der Waals surface area contributed by atoms with Crippen LogP contribution in [0.15, 0.2) is 18.2 Å². The van der Waals surface area contributed by atoms with E-state index in [0.717, 1.165) is 12.1 Å². The molecule has 1 N–H and O–H groups in total. The number of hydrogen-bond acceptors (Lipinski definition) is 2. The summed E-state index contributed by atoms with van der Waals surface area (Å²) in [4.78, 5) is 0. The summed E-state index contributed by atoms with van der Waals surface area (Å²) in [6.45, 7) is -0.0874. The third-order valence-corrected chi connectivity index (χ3v) is 1.99. The lowest BCUT2D eigenvalue weighted by atomic mass is 10.1. The molecule has 0 fully saturated rings. The van der Waals surface area contributed by atoms with E-state index in [4.69, 9.17) is 9.84 Å². The molecule has 0 aliphatic rings. The number of halogens is 3. The maximum Gasteiger partial charge on any atom is 0.416 e. The SMILES string of the molecule is COc1cc(C(F)(F)F)ccc1C#CCCO. The first-order chi connectivity index (χ1) is 7.99. The molecule has 5 heteroatoms. The minimum atomic E-state index is -4.40. The number of benzene rings is 1. The summed E-state index contributed by atoms with van der Waals surface area (Å²) in [5, 5.41) is 8.54. The Balaban J connectivity index is 3.07. The summed E-state index contributed by atoms with van der Waals surface area (Å²) in [5.41, 5.74) is -0.406. The number of rotatable bonds is 2. The molecule has 0 aliphatic carbocycles. The highest BCUT2D eigenvalue weighted by Crippen LogP contribution is 2.32. The molecule has 1 aromatic carbocycles. The Morgan fingerprint density at radius 3 is 2.59 bits per heavy atom. The first-order valence-corrected chi connectivity index (χ1v) is 4.84. The van der Waals surface area contributed by atoms with E-state index in [-0.39, 0.29) is 18.8 Å². The number of aliphatic hydroxyl groups excluding tert-OH is 1. The molecule has 0 spiro atoms. The average molecular weight is 244 g/mol. The van der Waals surface area contributed by atoms with Gasteiger partial charge in [-0.05, 0) is 18.2 Å². The van der Waals surface area contributed by atoms with Crippen LogP contribution < -0.4 is 4.74 Å². The van der Waals surface area contributed by atoms with Gasteiger partial charge in [0.1, 0.15) is 5.75 Å². The first kappa shape index (κ1) is 13.4. The molecule has 1 rings (SSSR count). The van der Waals surface area contributed by atoms with E-state index in [9.17, 15) is 13.2 Å². The van der Waals surface area contributed by atoms with Gasteiger partial charge in [0.05, 0.1) is 24.8 Å². The van der Waals surface area contributed by atoms with Crippen molar-refractivity contribution in [2.75, 3.05) is 13.7 Å². The molecule has 0 radical (unpaired) electrons. The van der Waals surface area contributed by atoms with Gasteiger partial charge in [-0.25, -0.2) is 0 Å². The predicted molar refractivity (Wildman–Crippen MR) is 56.6 cm³/mol. The van der Waals surface area contributed by atoms with Crippen molar-refractivity contribution in [2.45, 2.75) is 12.6 Å². The van der Waals surface area contributed by atoms with Crippen molar-refractivity contribution in [2.24, 2.45) is 0 Å². The van der Waals surface area contributed by atoms with Crippen molar-refractivity contribution in [3.05, 3.63) is 29.3 Å². The number of aliphatic hydroxyl groups is 1. The first-order valence-electron chi connectivity index (χ1n) is 4.84. The molecule has 0 saturated carbocycles. The van der Waals surface area contributed by atoms with Crippen LogP contribution in [0, 0.1) is 11.8 Å². The molecule has 92 valence electrons. The second-order valence-corrected chi connectivity index (χ2v) is 3.19. The van der Waals surface area contributed by atoms with Crippen LogP contribution in [-0.2, 0) is 6.18 Å². The number of methoxy groups -OCH3 is 1. The van der Waals surface area contributed by atoms with Crippen molar-refractivity contribution in [3.8, 4) is 17.6 Å². The third kappa shape index (κ3) is 3.68. The molecule has 0 aliphatic heterocycles. The fourth-order valence-electron chi connectivity index (χ4n) is 1.18. The summed E-state index contributed by atoms with van der Waals surface area (Å²) in [5.74, 6) is 5.34. The molecule has 0 heterocycles. The summed E-state index contributed by atoms with van der Waals surface area (Å²) in [6, 6.07) is 3.11. The molecular formula is C12H11F3O2. The molecule has 0 aromatic heterocycles. The highest BCUT2D eigenvalue weighted by atomic mass is 19.4. The van der Waals surface area contributed by atoms with E-state index in [1.807, 2.05) is 0 Å². The van der Waals surface area contributed by atoms with Crippen LogP contribution in [0.1, 0.15) is 17.5 Å². The van der Waals surface area contributed by atoms with Gasteiger partial charge in [0.25, 0.3) is 0 Å². The fraction of sp³-hybridized carbons (Fsp3) is 0.333. The number of alkyl halides is 3. The van der Waals surface area contributed by atoms with Gasteiger partial charge in [0, 0.05) is 6.42 Å². The van der Waals surface area contributed by atoms with Crippen LogP contribution in [0.5, 0.6) is 5.75 Å². The van der Waals surface area contributed by atoms with Crippen LogP contribution >= 0.6 is 0 Å². The van der Waals surface area contributed by atoms with E-state index in [2.05, 4.69) is 11.8 Å². The van der Waals surface area contributed by atoms with Gasteiger partial charge >= 0.3 is 6.18 Å². The summed E-state index contributed by atoms with van der Waals surface area (Å²) >= 11 is 0. The Morgan fingerprint density at radius 2 is 2.06 bits per heavy atom. The Labute approximate surface area is 97.0 Å². The quantitative estimate of drug-likeness (QED) is 0.810. The molecule has 0 saturated heterocycles.